The second kappa shape index (κ2) is 5.38. The molecule has 0 aromatic carbocycles. The van der Waals surface area contributed by atoms with Gasteiger partial charge in [-0.2, -0.15) is 9.40 Å². The number of hydrogen-bond acceptors (Lipinski definition) is 4. The Hall–Kier alpha value is -0.920. The standard InChI is InChI=1S/C11H19N3O3S/c1-3-14(7-10-4-5-17-8-10)18(15,16)11-6-12-13-9(11)2/h6,10H,3-5,7-8H2,1-2H3,(H,12,13). The van der Waals surface area contributed by atoms with Gasteiger partial charge >= 0.3 is 0 Å². The number of nitrogens with zero attached hydrogens (tertiary/aromatic N) is 2. The van der Waals surface area contributed by atoms with E-state index in [2.05, 4.69) is 10.2 Å². The van der Waals surface area contributed by atoms with E-state index in [1.54, 1.807) is 6.92 Å². The zero-order chi connectivity index (χ0) is 13.2. The van der Waals surface area contributed by atoms with E-state index in [0.717, 1.165) is 13.0 Å². The Labute approximate surface area is 107 Å². The molecule has 1 fully saturated rings. The molecule has 1 aromatic rings. The van der Waals surface area contributed by atoms with Crippen LogP contribution in [0.15, 0.2) is 11.1 Å². The lowest BCUT2D eigenvalue weighted by Gasteiger charge is -2.22. The molecule has 1 saturated heterocycles. The van der Waals surface area contributed by atoms with Crippen LogP contribution in [0.5, 0.6) is 0 Å². The lowest BCUT2D eigenvalue weighted by molar-refractivity contribution is 0.181. The number of aromatic nitrogens is 2. The molecule has 18 heavy (non-hydrogen) atoms. The first-order valence-corrected chi connectivity index (χ1v) is 7.57. The van der Waals surface area contributed by atoms with Crippen molar-refractivity contribution in [3.8, 4) is 0 Å². The van der Waals surface area contributed by atoms with E-state index in [4.69, 9.17) is 4.74 Å². The number of nitrogens with one attached hydrogen (secondary N) is 1. The molecule has 0 saturated carbocycles. The van der Waals surface area contributed by atoms with Gasteiger partial charge in [-0.25, -0.2) is 8.42 Å². The van der Waals surface area contributed by atoms with Gasteiger partial charge in [0.25, 0.3) is 0 Å². The van der Waals surface area contributed by atoms with Crippen LogP contribution in [0, 0.1) is 12.8 Å². The molecule has 2 rings (SSSR count). The molecule has 0 amide bonds. The fourth-order valence-corrected chi connectivity index (χ4v) is 3.79. The number of H-pyrrole nitrogens is 1. The van der Waals surface area contributed by atoms with Gasteiger partial charge in [0.05, 0.1) is 18.5 Å². The van der Waals surface area contributed by atoms with Gasteiger partial charge in [-0.15, -0.1) is 0 Å². The molecule has 1 aromatic heterocycles. The average Bonchev–Trinajstić information content (AvgIpc) is 2.96. The Bertz CT molecular complexity index is 491. The predicted molar refractivity (Wildman–Crippen MR) is 66.7 cm³/mol. The maximum atomic E-state index is 12.5. The first-order valence-electron chi connectivity index (χ1n) is 6.13. The van der Waals surface area contributed by atoms with E-state index < -0.39 is 10.0 Å². The van der Waals surface area contributed by atoms with Crippen molar-refractivity contribution in [2.75, 3.05) is 26.3 Å². The van der Waals surface area contributed by atoms with Gasteiger partial charge in [-0.3, -0.25) is 5.10 Å². The number of sulfonamides is 1. The highest BCUT2D eigenvalue weighted by molar-refractivity contribution is 7.89. The largest absolute Gasteiger partial charge is 0.381 e. The molecule has 1 aliphatic heterocycles. The summed E-state index contributed by atoms with van der Waals surface area (Å²) in [5.41, 5.74) is 0.580. The summed E-state index contributed by atoms with van der Waals surface area (Å²) in [7, 11) is -3.44. The minimum absolute atomic E-state index is 0.267. The first kappa shape index (κ1) is 13.5. The minimum atomic E-state index is -3.44. The summed E-state index contributed by atoms with van der Waals surface area (Å²) in [6, 6.07) is 0. The SMILES string of the molecule is CCN(CC1CCOC1)S(=O)(=O)c1cn[nH]c1C. The highest BCUT2D eigenvalue weighted by atomic mass is 32.2. The van der Waals surface area contributed by atoms with Gasteiger partial charge in [-0.05, 0) is 19.3 Å². The quantitative estimate of drug-likeness (QED) is 0.859. The summed E-state index contributed by atoms with van der Waals surface area (Å²) in [4.78, 5) is 0.267. The van der Waals surface area contributed by atoms with Crippen molar-refractivity contribution in [2.45, 2.75) is 25.2 Å². The lowest BCUT2D eigenvalue weighted by atomic mass is 10.1. The van der Waals surface area contributed by atoms with E-state index in [1.807, 2.05) is 6.92 Å². The van der Waals surface area contributed by atoms with E-state index in [1.165, 1.54) is 10.5 Å². The number of rotatable bonds is 5. The molecule has 102 valence electrons. The number of aryl methyl sites for hydroxylation is 1. The van der Waals surface area contributed by atoms with Crippen molar-refractivity contribution in [3.05, 3.63) is 11.9 Å². The molecule has 1 N–H and O–H groups in total. The molecule has 2 heterocycles. The molecule has 0 spiro atoms. The van der Waals surface area contributed by atoms with Crippen LogP contribution < -0.4 is 0 Å². The van der Waals surface area contributed by atoms with Crippen molar-refractivity contribution in [1.82, 2.24) is 14.5 Å². The van der Waals surface area contributed by atoms with Crippen LogP contribution in [-0.4, -0.2) is 49.2 Å². The fraction of sp³-hybridized carbons (Fsp3) is 0.727. The van der Waals surface area contributed by atoms with Crippen molar-refractivity contribution < 1.29 is 13.2 Å². The Balaban J connectivity index is 2.18. The summed E-state index contributed by atoms with van der Waals surface area (Å²) in [6.45, 7) is 5.92. The van der Waals surface area contributed by atoms with Crippen molar-refractivity contribution in [3.63, 3.8) is 0 Å². The topological polar surface area (TPSA) is 75.3 Å². The van der Waals surface area contributed by atoms with E-state index in [0.29, 0.717) is 31.3 Å². The van der Waals surface area contributed by atoms with Gasteiger partial charge < -0.3 is 4.74 Å². The number of ether oxygens (including phenoxy) is 1. The Morgan fingerprint density at radius 1 is 1.61 bits per heavy atom. The zero-order valence-electron chi connectivity index (χ0n) is 10.7. The molecule has 7 heteroatoms. The van der Waals surface area contributed by atoms with Crippen LogP contribution in [0.1, 0.15) is 19.0 Å². The maximum Gasteiger partial charge on any atom is 0.246 e. The van der Waals surface area contributed by atoms with Crippen molar-refractivity contribution in [1.29, 1.82) is 0 Å². The van der Waals surface area contributed by atoms with Gasteiger partial charge in [0, 0.05) is 19.7 Å². The molecule has 1 atom stereocenters. The number of hydrogen-bond donors (Lipinski definition) is 1. The van der Waals surface area contributed by atoms with Gasteiger partial charge in [0.1, 0.15) is 4.90 Å². The maximum absolute atomic E-state index is 12.5. The molecule has 1 aliphatic rings. The van der Waals surface area contributed by atoms with E-state index in [-0.39, 0.29) is 4.90 Å². The molecular weight excluding hydrogens is 254 g/mol. The Morgan fingerprint density at radius 3 is 2.89 bits per heavy atom. The number of aromatic amines is 1. The Kier molecular flexibility index (Phi) is 4.04. The van der Waals surface area contributed by atoms with Gasteiger partial charge in [0.2, 0.25) is 10.0 Å². The molecular formula is C11H19N3O3S. The van der Waals surface area contributed by atoms with Crippen LogP contribution in [0.25, 0.3) is 0 Å². The van der Waals surface area contributed by atoms with Crippen LogP contribution in [-0.2, 0) is 14.8 Å². The minimum Gasteiger partial charge on any atom is -0.381 e. The summed E-state index contributed by atoms with van der Waals surface area (Å²) >= 11 is 0. The van der Waals surface area contributed by atoms with Crippen molar-refractivity contribution >= 4 is 10.0 Å². The third-order valence-corrected chi connectivity index (χ3v) is 5.29. The third kappa shape index (κ3) is 2.57. The van der Waals surface area contributed by atoms with Crippen LogP contribution >= 0.6 is 0 Å². The smallest absolute Gasteiger partial charge is 0.246 e. The van der Waals surface area contributed by atoms with Crippen molar-refractivity contribution in [2.24, 2.45) is 5.92 Å². The zero-order valence-corrected chi connectivity index (χ0v) is 11.5. The van der Waals surface area contributed by atoms with E-state index in [9.17, 15) is 8.42 Å². The third-order valence-electron chi connectivity index (χ3n) is 3.24. The highest BCUT2D eigenvalue weighted by Crippen LogP contribution is 2.21. The normalized spacial score (nSPS) is 20.7. The molecule has 0 aliphatic carbocycles. The molecule has 0 radical (unpaired) electrons. The van der Waals surface area contributed by atoms with Crippen LogP contribution in [0.4, 0.5) is 0 Å². The predicted octanol–water partition coefficient (Wildman–Crippen LogP) is 0.765. The van der Waals surface area contributed by atoms with Crippen LogP contribution in [0.3, 0.4) is 0 Å². The molecule has 0 bridgehead atoms. The van der Waals surface area contributed by atoms with E-state index >= 15 is 0 Å². The first-order chi connectivity index (χ1) is 8.55. The second-order valence-corrected chi connectivity index (χ2v) is 6.45. The summed E-state index contributed by atoms with van der Waals surface area (Å²) < 4.78 is 31.7. The van der Waals surface area contributed by atoms with Gasteiger partial charge in [0.15, 0.2) is 0 Å². The summed E-state index contributed by atoms with van der Waals surface area (Å²) in [6.07, 6.45) is 2.30. The Morgan fingerprint density at radius 2 is 2.39 bits per heavy atom. The second-order valence-electron chi connectivity index (χ2n) is 4.54. The van der Waals surface area contributed by atoms with Crippen LogP contribution in [0.2, 0.25) is 0 Å². The lowest BCUT2D eigenvalue weighted by Crippen LogP contribution is -2.35. The summed E-state index contributed by atoms with van der Waals surface area (Å²) in [5, 5.41) is 6.45. The fourth-order valence-electron chi connectivity index (χ4n) is 2.15. The molecule has 1 unspecified atom stereocenters. The van der Waals surface area contributed by atoms with Gasteiger partial charge in [-0.1, -0.05) is 6.92 Å². The summed E-state index contributed by atoms with van der Waals surface area (Å²) in [5.74, 6) is 0.298. The monoisotopic (exact) mass is 273 g/mol. The highest BCUT2D eigenvalue weighted by Gasteiger charge is 2.29. The molecule has 6 nitrogen and oxygen atoms in total. The average molecular weight is 273 g/mol.